The predicted octanol–water partition coefficient (Wildman–Crippen LogP) is 3.10. The van der Waals surface area contributed by atoms with Crippen LogP contribution in [0.15, 0.2) is 36.4 Å². The largest absolute Gasteiger partial charge is 0.493 e. The molecular formula is C24H26N2O6S. The Morgan fingerprint density at radius 3 is 2.61 bits per heavy atom. The Balaban J connectivity index is 1.33. The van der Waals surface area contributed by atoms with Crippen LogP contribution >= 0.6 is 11.8 Å². The molecule has 8 nitrogen and oxygen atoms in total. The third-order valence-corrected chi connectivity index (χ3v) is 7.40. The van der Waals surface area contributed by atoms with Gasteiger partial charge in [-0.1, -0.05) is 12.1 Å². The van der Waals surface area contributed by atoms with Gasteiger partial charge in [-0.2, -0.15) is 0 Å². The van der Waals surface area contributed by atoms with Crippen LogP contribution in [0.3, 0.4) is 0 Å². The van der Waals surface area contributed by atoms with Crippen LogP contribution in [0.2, 0.25) is 0 Å². The van der Waals surface area contributed by atoms with E-state index in [1.807, 2.05) is 36.4 Å². The van der Waals surface area contributed by atoms with E-state index >= 15 is 0 Å². The molecule has 2 aliphatic heterocycles. The Kier molecular flexibility index (Phi) is 5.97. The molecule has 0 radical (unpaired) electrons. The molecule has 1 aliphatic carbocycles. The molecule has 1 N–H and O–H groups in total. The normalized spacial score (nSPS) is 21.1. The standard InChI is InChI=1S/C24H26N2O6S/c1-29-18-8-6-16(10-20(18)30-2)24-26(23(28)15-4-5-15)17(12-33-24)22(27)25-11-14-3-7-19-21(9-14)32-13-31-19/h3,6-10,15,17,24H,4-5,11-13H2,1-2H3,(H,25,27). The van der Waals surface area contributed by atoms with Crippen molar-refractivity contribution in [3.8, 4) is 23.0 Å². The molecule has 2 heterocycles. The van der Waals surface area contributed by atoms with E-state index in [-0.39, 0.29) is 29.9 Å². The zero-order valence-corrected chi connectivity index (χ0v) is 19.4. The first-order valence-electron chi connectivity index (χ1n) is 10.9. The summed E-state index contributed by atoms with van der Waals surface area (Å²) in [5, 5.41) is 2.75. The molecule has 9 heteroatoms. The van der Waals surface area contributed by atoms with Gasteiger partial charge in [0.25, 0.3) is 0 Å². The average Bonchev–Trinajstić information content (AvgIpc) is 3.43. The number of carbonyl (C=O) groups is 2. The number of rotatable bonds is 7. The van der Waals surface area contributed by atoms with Crippen LogP contribution in [0.25, 0.3) is 0 Å². The molecule has 2 fully saturated rings. The maximum atomic E-state index is 13.2. The van der Waals surface area contributed by atoms with Gasteiger partial charge in [-0.05, 0) is 48.2 Å². The number of amides is 2. The molecule has 3 aliphatic rings. The summed E-state index contributed by atoms with van der Waals surface area (Å²) in [7, 11) is 3.17. The fraction of sp³-hybridized carbons (Fsp3) is 0.417. The maximum absolute atomic E-state index is 13.2. The quantitative estimate of drug-likeness (QED) is 0.666. The van der Waals surface area contributed by atoms with Crippen molar-refractivity contribution in [2.24, 2.45) is 5.92 Å². The van der Waals surface area contributed by atoms with Crippen molar-refractivity contribution in [3.05, 3.63) is 47.5 Å². The molecule has 0 aromatic heterocycles. The molecule has 33 heavy (non-hydrogen) atoms. The van der Waals surface area contributed by atoms with Gasteiger partial charge >= 0.3 is 0 Å². The highest BCUT2D eigenvalue weighted by Crippen LogP contribution is 2.46. The summed E-state index contributed by atoms with van der Waals surface area (Å²) >= 11 is 1.60. The molecule has 2 unspecified atom stereocenters. The SMILES string of the molecule is COc1ccc(C2SCC(C(=O)NCc3ccc4c(c3)OCO4)N2C(=O)C2CC2)cc1OC. The Hall–Kier alpha value is -3.07. The summed E-state index contributed by atoms with van der Waals surface area (Å²) in [6.45, 7) is 0.559. The van der Waals surface area contributed by atoms with Gasteiger partial charge in [0.2, 0.25) is 18.6 Å². The van der Waals surface area contributed by atoms with E-state index in [9.17, 15) is 9.59 Å². The van der Waals surface area contributed by atoms with Crippen LogP contribution in [0.5, 0.6) is 23.0 Å². The molecule has 2 aromatic rings. The minimum absolute atomic E-state index is 0.00973. The third kappa shape index (κ3) is 4.29. The molecule has 1 saturated heterocycles. The summed E-state index contributed by atoms with van der Waals surface area (Å²) in [6.07, 6.45) is 1.76. The predicted molar refractivity (Wildman–Crippen MR) is 123 cm³/mol. The molecule has 174 valence electrons. The molecule has 2 aromatic carbocycles. The summed E-state index contributed by atoms with van der Waals surface area (Å²) in [5.74, 6) is 3.04. The van der Waals surface area contributed by atoms with E-state index in [2.05, 4.69) is 5.32 Å². The fourth-order valence-corrected chi connectivity index (χ4v) is 5.57. The van der Waals surface area contributed by atoms with E-state index in [1.54, 1.807) is 30.9 Å². The van der Waals surface area contributed by atoms with Gasteiger partial charge < -0.3 is 29.2 Å². The lowest BCUT2D eigenvalue weighted by atomic mass is 10.1. The highest BCUT2D eigenvalue weighted by atomic mass is 32.2. The van der Waals surface area contributed by atoms with Gasteiger partial charge in [0.1, 0.15) is 11.4 Å². The van der Waals surface area contributed by atoms with Crippen molar-refractivity contribution in [2.75, 3.05) is 26.8 Å². The number of hydrogen-bond acceptors (Lipinski definition) is 7. The van der Waals surface area contributed by atoms with Crippen LogP contribution in [0.4, 0.5) is 0 Å². The van der Waals surface area contributed by atoms with Gasteiger partial charge in [-0.3, -0.25) is 9.59 Å². The molecule has 2 amide bonds. The summed E-state index contributed by atoms with van der Waals surface area (Å²) in [6, 6.07) is 10.7. The highest BCUT2D eigenvalue weighted by Gasteiger charge is 2.46. The second kappa shape index (κ2) is 9.05. The zero-order valence-electron chi connectivity index (χ0n) is 18.5. The van der Waals surface area contributed by atoms with Crippen LogP contribution in [0.1, 0.15) is 29.3 Å². The van der Waals surface area contributed by atoms with E-state index in [4.69, 9.17) is 18.9 Å². The number of nitrogens with zero attached hydrogens (tertiary/aromatic N) is 1. The molecule has 2 atom stereocenters. The van der Waals surface area contributed by atoms with E-state index in [0.29, 0.717) is 35.3 Å². The highest BCUT2D eigenvalue weighted by molar-refractivity contribution is 7.99. The van der Waals surface area contributed by atoms with Crippen molar-refractivity contribution >= 4 is 23.6 Å². The first kappa shape index (κ1) is 21.8. The monoisotopic (exact) mass is 470 g/mol. The summed E-state index contributed by atoms with van der Waals surface area (Å²) in [5.41, 5.74) is 1.83. The number of hydrogen-bond donors (Lipinski definition) is 1. The lowest BCUT2D eigenvalue weighted by Gasteiger charge is -2.29. The lowest BCUT2D eigenvalue weighted by Crippen LogP contribution is -2.48. The lowest BCUT2D eigenvalue weighted by molar-refractivity contribution is -0.140. The number of ether oxygens (including phenoxy) is 4. The minimum Gasteiger partial charge on any atom is -0.493 e. The Labute approximate surface area is 196 Å². The van der Waals surface area contributed by atoms with Crippen LogP contribution in [-0.4, -0.2) is 49.5 Å². The van der Waals surface area contributed by atoms with Gasteiger partial charge in [0.05, 0.1) is 14.2 Å². The topological polar surface area (TPSA) is 86.3 Å². The van der Waals surface area contributed by atoms with Crippen molar-refractivity contribution in [2.45, 2.75) is 30.8 Å². The number of nitrogens with one attached hydrogen (secondary N) is 1. The smallest absolute Gasteiger partial charge is 0.243 e. The zero-order chi connectivity index (χ0) is 22.9. The number of carbonyl (C=O) groups excluding carboxylic acids is 2. The van der Waals surface area contributed by atoms with Gasteiger partial charge in [-0.25, -0.2) is 0 Å². The van der Waals surface area contributed by atoms with Crippen molar-refractivity contribution in [3.63, 3.8) is 0 Å². The summed E-state index contributed by atoms with van der Waals surface area (Å²) in [4.78, 5) is 28.2. The maximum Gasteiger partial charge on any atom is 0.243 e. The van der Waals surface area contributed by atoms with E-state index < -0.39 is 6.04 Å². The third-order valence-electron chi connectivity index (χ3n) is 6.08. The minimum atomic E-state index is -0.532. The average molecular weight is 471 g/mol. The van der Waals surface area contributed by atoms with E-state index in [1.165, 1.54) is 0 Å². The van der Waals surface area contributed by atoms with Crippen molar-refractivity contribution < 1.29 is 28.5 Å². The van der Waals surface area contributed by atoms with Gasteiger partial charge in [0, 0.05) is 18.2 Å². The second-order valence-electron chi connectivity index (χ2n) is 8.24. The first-order chi connectivity index (χ1) is 16.1. The molecule has 0 bridgehead atoms. The van der Waals surface area contributed by atoms with Crippen molar-refractivity contribution in [1.82, 2.24) is 10.2 Å². The Morgan fingerprint density at radius 1 is 1.06 bits per heavy atom. The van der Waals surface area contributed by atoms with E-state index in [0.717, 1.165) is 24.0 Å². The van der Waals surface area contributed by atoms with Crippen LogP contribution in [-0.2, 0) is 16.1 Å². The number of benzene rings is 2. The van der Waals surface area contributed by atoms with Crippen LogP contribution in [0, 0.1) is 5.92 Å². The molecule has 1 saturated carbocycles. The number of fused-ring (bicyclic) bond motifs is 1. The van der Waals surface area contributed by atoms with Gasteiger partial charge in [0.15, 0.2) is 23.0 Å². The Morgan fingerprint density at radius 2 is 1.85 bits per heavy atom. The van der Waals surface area contributed by atoms with Crippen LogP contribution < -0.4 is 24.3 Å². The molecule has 0 spiro atoms. The van der Waals surface area contributed by atoms with Gasteiger partial charge in [-0.15, -0.1) is 11.8 Å². The van der Waals surface area contributed by atoms with Crippen molar-refractivity contribution in [1.29, 1.82) is 0 Å². The number of thioether (sulfide) groups is 1. The first-order valence-corrected chi connectivity index (χ1v) is 12.0. The Bertz CT molecular complexity index is 1070. The molecular weight excluding hydrogens is 444 g/mol. The summed E-state index contributed by atoms with van der Waals surface area (Å²) < 4.78 is 21.5. The fourth-order valence-electron chi connectivity index (χ4n) is 4.14. The number of methoxy groups -OCH3 is 2. The molecule has 5 rings (SSSR count). The second-order valence-corrected chi connectivity index (χ2v) is 9.35.